The molecule has 0 saturated carbocycles. The molecule has 0 bridgehead atoms. The summed E-state index contributed by atoms with van der Waals surface area (Å²) in [4.78, 5) is 0. The summed E-state index contributed by atoms with van der Waals surface area (Å²) in [6.07, 6.45) is -5.25. The first-order chi connectivity index (χ1) is 5.00. The van der Waals surface area contributed by atoms with Gasteiger partial charge in [-0.05, 0) is 0 Å². The van der Waals surface area contributed by atoms with Crippen LogP contribution >= 0.6 is 0 Å². The molecule has 0 aromatic heterocycles. The lowest BCUT2D eigenvalue weighted by Gasteiger charge is -1.82. The average Bonchev–Trinajstić information content (AvgIpc) is 1.88. The zero-order valence-corrected chi connectivity index (χ0v) is 5.51. The first kappa shape index (κ1) is 9.97. The van der Waals surface area contributed by atoms with Crippen LogP contribution < -0.4 is 0 Å². The predicted octanol–water partition coefficient (Wildman–Crippen LogP) is 2.62. The summed E-state index contributed by atoms with van der Waals surface area (Å²) in [5, 5.41) is 8.10. The maximum Gasteiger partial charge on any atom is 0.549 e. The van der Waals surface area contributed by atoms with Crippen molar-refractivity contribution in [2.45, 2.75) is 6.36 Å². The van der Waals surface area contributed by atoms with Gasteiger partial charge in [-0.3, -0.25) is 0 Å². The van der Waals surface area contributed by atoms with Crippen LogP contribution in [0.3, 0.4) is 0 Å². The molecule has 1 nitrogen and oxygen atoms in total. The van der Waals surface area contributed by atoms with Crippen LogP contribution in [-0.2, 0) is 5.11 Å². The number of benzene rings is 1. The number of alkyl halides is 3. The smallest absolute Gasteiger partial charge is 0.142 e. The van der Waals surface area contributed by atoms with E-state index in [0.29, 0.717) is 0 Å². The molecule has 0 spiro atoms. The highest BCUT2D eigenvalue weighted by Crippen LogP contribution is 2.07. The van der Waals surface area contributed by atoms with Crippen molar-refractivity contribution in [2.24, 2.45) is 0 Å². The normalized spacial score (nSPS) is 9.82. The van der Waals surface area contributed by atoms with Crippen LogP contribution in [0.1, 0.15) is 0 Å². The number of hydrogen-bond donors (Lipinski definition) is 0. The Morgan fingerprint density at radius 3 is 0.909 bits per heavy atom. The summed E-state index contributed by atoms with van der Waals surface area (Å²) in [6, 6.07) is 12.0. The van der Waals surface area contributed by atoms with Crippen molar-refractivity contribution >= 4 is 0 Å². The summed E-state index contributed by atoms with van der Waals surface area (Å²) in [6.45, 7) is 0. The van der Waals surface area contributed by atoms with Crippen molar-refractivity contribution in [2.75, 3.05) is 0 Å². The molecule has 0 saturated heterocycles. The first-order valence-corrected chi connectivity index (χ1v) is 2.77. The van der Waals surface area contributed by atoms with Crippen molar-refractivity contribution < 1.29 is 18.3 Å². The van der Waals surface area contributed by atoms with Gasteiger partial charge < -0.3 is 0 Å². The summed E-state index contributed by atoms with van der Waals surface area (Å²) in [5.74, 6) is 0. The zero-order valence-electron chi connectivity index (χ0n) is 5.51. The fraction of sp³-hybridized carbons (Fsp3) is 0.143. The Morgan fingerprint density at radius 2 is 0.818 bits per heavy atom. The van der Waals surface area contributed by atoms with Crippen LogP contribution in [0.2, 0.25) is 0 Å². The summed E-state index contributed by atoms with van der Waals surface area (Å²) in [7, 11) is 0. The molecule has 0 fully saturated rings. The van der Waals surface area contributed by atoms with Crippen molar-refractivity contribution in [3.63, 3.8) is 0 Å². The third-order valence-corrected chi connectivity index (χ3v) is 0.667. The predicted molar refractivity (Wildman–Crippen MR) is 33.2 cm³/mol. The summed E-state index contributed by atoms with van der Waals surface area (Å²) >= 11 is 0. The van der Waals surface area contributed by atoms with Gasteiger partial charge in [0, 0.05) is 0 Å². The van der Waals surface area contributed by atoms with Gasteiger partial charge in [-0.15, -0.1) is 18.3 Å². The highest BCUT2D eigenvalue weighted by Gasteiger charge is 2.24. The fourth-order valence-electron chi connectivity index (χ4n) is 0.385. The minimum Gasteiger partial charge on any atom is -0.142 e. The quantitative estimate of drug-likeness (QED) is 0.560. The lowest BCUT2D eigenvalue weighted by atomic mass is 10.4. The second kappa shape index (κ2) is 4.73. The monoisotopic (exact) mass is 163 g/mol. The maximum absolute atomic E-state index is 9.80. The van der Waals surface area contributed by atoms with Crippen LogP contribution in [0.4, 0.5) is 13.2 Å². The van der Waals surface area contributed by atoms with Gasteiger partial charge in [0.15, 0.2) is 0 Å². The highest BCUT2D eigenvalue weighted by molar-refractivity contribution is 4.99. The van der Waals surface area contributed by atoms with Crippen LogP contribution in [0.25, 0.3) is 0 Å². The molecule has 1 aromatic rings. The molecule has 0 atom stereocenters. The molecule has 1 rings (SSSR count). The lowest BCUT2D eigenvalue weighted by molar-refractivity contribution is -0.331. The Labute approximate surface area is 62.1 Å². The molecule has 1 radical (unpaired) electrons. The van der Waals surface area contributed by atoms with Gasteiger partial charge in [0.25, 0.3) is 0 Å². The Hall–Kier alpha value is -1.03. The van der Waals surface area contributed by atoms with Gasteiger partial charge >= 0.3 is 6.36 Å². The largest absolute Gasteiger partial charge is 0.549 e. The minimum atomic E-state index is -5.25. The standard InChI is InChI=1S/C6H6.CF3O/c1-2-4-6-5-3-1;2-1(3,4)5/h1-6H;. The molecule has 0 unspecified atom stereocenters. The van der Waals surface area contributed by atoms with E-state index in [9.17, 15) is 13.2 Å². The van der Waals surface area contributed by atoms with Gasteiger partial charge in [0.05, 0.1) is 0 Å². The van der Waals surface area contributed by atoms with E-state index in [0.717, 1.165) is 0 Å². The van der Waals surface area contributed by atoms with Gasteiger partial charge in [-0.25, -0.2) is 0 Å². The third kappa shape index (κ3) is 17.6. The molecule has 61 valence electrons. The van der Waals surface area contributed by atoms with Gasteiger partial charge in [0.2, 0.25) is 0 Å². The van der Waals surface area contributed by atoms with E-state index in [-0.39, 0.29) is 0 Å². The topological polar surface area (TPSA) is 19.9 Å². The molecule has 0 heterocycles. The first-order valence-electron chi connectivity index (χ1n) is 2.77. The van der Waals surface area contributed by atoms with Crippen molar-refractivity contribution in [1.29, 1.82) is 0 Å². The SMILES string of the molecule is [O]C(F)(F)F.c1ccccc1. The van der Waals surface area contributed by atoms with E-state index >= 15 is 0 Å². The second-order valence-electron chi connectivity index (χ2n) is 1.60. The molecule has 4 heteroatoms. The van der Waals surface area contributed by atoms with E-state index in [4.69, 9.17) is 5.11 Å². The molecule has 0 amide bonds. The van der Waals surface area contributed by atoms with Gasteiger partial charge in [-0.2, -0.15) is 0 Å². The highest BCUT2D eigenvalue weighted by atomic mass is 19.4. The number of rotatable bonds is 0. The summed E-state index contributed by atoms with van der Waals surface area (Å²) in [5.41, 5.74) is 0. The average molecular weight is 163 g/mol. The molecular weight excluding hydrogens is 157 g/mol. The van der Waals surface area contributed by atoms with Crippen LogP contribution in [0.5, 0.6) is 0 Å². The molecule has 1 aromatic carbocycles. The van der Waals surface area contributed by atoms with Gasteiger partial charge in [-0.1, -0.05) is 36.4 Å². The fourth-order valence-corrected chi connectivity index (χ4v) is 0.385. The van der Waals surface area contributed by atoms with Crippen LogP contribution in [-0.4, -0.2) is 6.36 Å². The summed E-state index contributed by atoms with van der Waals surface area (Å²) < 4.78 is 29.4. The molecule has 0 aliphatic carbocycles. The van der Waals surface area contributed by atoms with E-state index < -0.39 is 6.36 Å². The van der Waals surface area contributed by atoms with E-state index in [1.807, 2.05) is 36.4 Å². The van der Waals surface area contributed by atoms with E-state index in [2.05, 4.69) is 0 Å². The molecule has 0 aliphatic rings. The Bertz CT molecular complexity index is 138. The third-order valence-electron chi connectivity index (χ3n) is 0.667. The van der Waals surface area contributed by atoms with Crippen LogP contribution in [0.15, 0.2) is 36.4 Å². The van der Waals surface area contributed by atoms with E-state index in [1.165, 1.54) is 0 Å². The zero-order chi connectivity index (χ0) is 8.74. The van der Waals surface area contributed by atoms with Crippen LogP contribution in [0, 0.1) is 0 Å². The van der Waals surface area contributed by atoms with E-state index in [1.54, 1.807) is 0 Å². The van der Waals surface area contributed by atoms with Crippen molar-refractivity contribution in [1.82, 2.24) is 0 Å². The Kier molecular flexibility index (Phi) is 4.29. The molecule has 0 aliphatic heterocycles. The maximum atomic E-state index is 9.80. The van der Waals surface area contributed by atoms with Crippen molar-refractivity contribution in [3.05, 3.63) is 36.4 Å². The molecule has 0 N–H and O–H groups in total. The molecular formula is C7H6F3O. The second-order valence-corrected chi connectivity index (χ2v) is 1.60. The minimum absolute atomic E-state index is 2.00. The number of halogens is 3. The molecule has 11 heavy (non-hydrogen) atoms. The number of hydrogen-bond acceptors (Lipinski definition) is 0. The Balaban J connectivity index is 0.000000187. The Morgan fingerprint density at radius 1 is 0.727 bits per heavy atom. The van der Waals surface area contributed by atoms with Crippen molar-refractivity contribution in [3.8, 4) is 0 Å². The van der Waals surface area contributed by atoms with Gasteiger partial charge in [0.1, 0.15) is 0 Å². The lowest BCUT2D eigenvalue weighted by Crippen LogP contribution is -1.99.